The molecule has 0 spiro atoms. The SMILES string of the molecule is C=CC(=O)Nc1cccc(-c2cccc3cnc(Nc4ccc(N5CCNC(=O)C5)cc4)nc23)c1. The number of hydrogen-bond acceptors (Lipinski definition) is 6. The van der Waals surface area contributed by atoms with Crippen LogP contribution in [0.1, 0.15) is 0 Å². The second kappa shape index (κ2) is 9.64. The number of carbonyl (C=O) groups excluding carboxylic acids is 2. The number of anilines is 4. The summed E-state index contributed by atoms with van der Waals surface area (Å²) in [5.41, 5.74) is 5.19. The zero-order valence-corrected chi connectivity index (χ0v) is 19.0. The zero-order chi connectivity index (χ0) is 24.2. The molecule has 2 amide bonds. The third-order valence-corrected chi connectivity index (χ3v) is 5.76. The summed E-state index contributed by atoms with van der Waals surface area (Å²) in [6, 6.07) is 21.4. The number of fused-ring (bicyclic) bond motifs is 1. The summed E-state index contributed by atoms with van der Waals surface area (Å²) in [6.45, 7) is 5.30. The number of nitrogens with zero attached hydrogens (tertiary/aromatic N) is 3. The van der Waals surface area contributed by atoms with Gasteiger partial charge in [0.25, 0.3) is 0 Å². The summed E-state index contributed by atoms with van der Waals surface area (Å²) in [4.78, 5) is 34.7. The average Bonchev–Trinajstić information content (AvgIpc) is 2.89. The van der Waals surface area contributed by atoms with Crippen LogP contribution in [0.2, 0.25) is 0 Å². The Morgan fingerprint density at radius 2 is 1.89 bits per heavy atom. The fraction of sp³-hybridized carbons (Fsp3) is 0.111. The highest BCUT2D eigenvalue weighted by molar-refractivity contribution is 6.00. The van der Waals surface area contributed by atoms with Crippen LogP contribution in [0.25, 0.3) is 22.0 Å². The van der Waals surface area contributed by atoms with Gasteiger partial charge >= 0.3 is 0 Å². The van der Waals surface area contributed by atoms with E-state index >= 15 is 0 Å². The first kappa shape index (κ1) is 22.1. The van der Waals surface area contributed by atoms with Gasteiger partial charge in [0, 0.05) is 47.3 Å². The second-order valence-electron chi connectivity index (χ2n) is 8.15. The Bertz CT molecular complexity index is 1420. The predicted octanol–water partition coefficient (Wildman–Crippen LogP) is 4.10. The molecule has 1 aliphatic rings. The molecule has 8 heteroatoms. The average molecular weight is 465 g/mol. The Morgan fingerprint density at radius 1 is 1.06 bits per heavy atom. The summed E-state index contributed by atoms with van der Waals surface area (Å²) in [5, 5.41) is 9.82. The van der Waals surface area contributed by atoms with E-state index in [0.717, 1.165) is 39.9 Å². The molecule has 0 bridgehead atoms. The number of benzene rings is 3. The fourth-order valence-corrected chi connectivity index (χ4v) is 4.05. The Labute approximate surface area is 202 Å². The molecule has 1 saturated heterocycles. The zero-order valence-electron chi connectivity index (χ0n) is 19.0. The minimum Gasteiger partial charge on any atom is -0.360 e. The van der Waals surface area contributed by atoms with E-state index in [4.69, 9.17) is 4.98 Å². The van der Waals surface area contributed by atoms with Crippen molar-refractivity contribution in [2.45, 2.75) is 0 Å². The molecule has 0 unspecified atom stereocenters. The lowest BCUT2D eigenvalue weighted by Crippen LogP contribution is -2.47. The van der Waals surface area contributed by atoms with Crippen molar-refractivity contribution in [3.05, 3.63) is 85.6 Å². The molecule has 4 aromatic rings. The van der Waals surface area contributed by atoms with Crippen molar-refractivity contribution >= 4 is 45.7 Å². The Morgan fingerprint density at radius 3 is 2.69 bits per heavy atom. The molecule has 0 radical (unpaired) electrons. The lowest BCUT2D eigenvalue weighted by molar-refractivity contribution is -0.120. The lowest BCUT2D eigenvalue weighted by atomic mass is 10.0. The van der Waals surface area contributed by atoms with Crippen molar-refractivity contribution in [3.63, 3.8) is 0 Å². The molecule has 0 aliphatic carbocycles. The smallest absolute Gasteiger partial charge is 0.247 e. The van der Waals surface area contributed by atoms with Crippen LogP contribution in [-0.2, 0) is 9.59 Å². The van der Waals surface area contributed by atoms with Crippen molar-refractivity contribution in [1.82, 2.24) is 15.3 Å². The van der Waals surface area contributed by atoms with Crippen LogP contribution in [0.3, 0.4) is 0 Å². The number of carbonyl (C=O) groups is 2. The number of amides is 2. The van der Waals surface area contributed by atoms with Crippen molar-refractivity contribution in [3.8, 4) is 11.1 Å². The van der Waals surface area contributed by atoms with Crippen LogP contribution in [0.15, 0.2) is 85.6 Å². The maximum atomic E-state index is 11.7. The number of hydrogen-bond donors (Lipinski definition) is 3. The van der Waals surface area contributed by atoms with E-state index in [2.05, 4.69) is 27.5 Å². The van der Waals surface area contributed by atoms with Gasteiger partial charge in [-0.1, -0.05) is 36.9 Å². The second-order valence-corrected chi connectivity index (χ2v) is 8.15. The van der Waals surface area contributed by atoms with Crippen LogP contribution in [0.4, 0.5) is 23.0 Å². The molecule has 3 aromatic carbocycles. The highest BCUT2D eigenvalue weighted by atomic mass is 16.2. The first-order valence-electron chi connectivity index (χ1n) is 11.3. The normalized spacial score (nSPS) is 13.3. The van der Waals surface area contributed by atoms with Gasteiger partial charge in [0.2, 0.25) is 17.8 Å². The minimum atomic E-state index is -0.261. The molecule has 3 N–H and O–H groups in total. The van der Waals surface area contributed by atoms with Gasteiger partial charge in [-0.2, -0.15) is 0 Å². The number of nitrogens with one attached hydrogen (secondary N) is 3. The Hall–Kier alpha value is -4.72. The van der Waals surface area contributed by atoms with Gasteiger partial charge in [-0.3, -0.25) is 9.59 Å². The standard InChI is InChI=1S/C27H24N6O2/c1-2-24(34)30-21-7-3-5-18(15-21)23-8-4-6-19-16-29-27(32-26(19)23)31-20-9-11-22(12-10-20)33-14-13-28-25(35)17-33/h2-12,15-16H,1,13-14,17H2,(H,28,35)(H,30,34)(H,29,31,32). The molecular weight excluding hydrogens is 440 g/mol. The number of piperazine rings is 1. The highest BCUT2D eigenvalue weighted by Crippen LogP contribution is 2.30. The number of para-hydroxylation sites is 1. The molecule has 1 aliphatic heterocycles. The summed E-state index contributed by atoms with van der Waals surface area (Å²) in [5.74, 6) is 0.252. The van der Waals surface area contributed by atoms with E-state index in [1.807, 2.05) is 71.6 Å². The maximum Gasteiger partial charge on any atom is 0.247 e. The van der Waals surface area contributed by atoms with Gasteiger partial charge in [-0.15, -0.1) is 0 Å². The summed E-state index contributed by atoms with van der Waals surface area (Å²) < 4.78 is 0. The molecule has 1 fully saturated rings. The largest absolute Gasteiger partial charge is 0.360 e. The molecule has 35 heavy (non-hydrogen) atoms. The van der Waals surface area contributed by atoms with Crippen LogP contribution >= 0.6 is 0 Å². The van der Waals surface area contributed by atoms with Gasteiger partial charge in [0.15, 0.2) is 0 Å². The summed E-state index contributed by atoms with van der Waals surface area (Å²) in [6.07, 6.45) is 3.03. The third-order valence-electron chi connectivity index (χ3n) is 5.76. The quantitative estimate of drug-likeness (QED) is 0.372. The fourth-order valence-electron chi connectivity index (χ4n) is 4.05. The molecular formula is C27H24N6O2. The van der Waals surface area contributed by atoms with Crippen LogP contribution in [-0.4, -0.2) is 41.4 Å². The van der Waals surface area contributed by atoms with Crippen LogP contribution < -0.4 is 20.9 Å². The maximum absolute atomic E-state index is 11.7. The summed E-state index contributed by atoms with van der Waals surface area (Å²) >= 11 is 0. The van der Waals surface area contributed by atoms with E-state index in [9.17, 15) is 9.59 Å². The molecule has 1 aromatic heterocycles. The first-order chi connectivity index (χ1) is 17.1. The van der Waals surface area contributed by atoms with E-state index in [1.54, 1.807) is 6.20 Å². The van der Waals surface area contributed by atoms with Gasteiger partial charge in [-0.25, -0.2) is 9.97 Å². The van der Waals surface area contributed by atoms with Gasteiger partial charge < -0.3 is 20.9 Å². The van der Waals surface area contributed by atoms with Crippen molar-refractivity contribution < 1.29 is 9.59 Å². The third kappa shape index (κ3) is 4.96. The van der Waals surface area contributed by atoms with E-state index < -0.39 is 0 Å². The van der Waals surface area contributed by atoms with Gasteiger partial charge in [-0.05, 0) is 48.0 Å². The van der Waals surface area contributed by atoms with E-state index in [-0.39, 0.29) is 11.8 Å². The topological polar surface area (TPSA) is 99.3 Å². The monoisotopic (exact) mass is 464 g/mol. The van der Waals surface area contributed by atoms with Gasteiger partial charge in [0.05, 0.1) is 12.1 Å². The molecule has 2 heterocycles. The van der Waals surface area contributed by atoms with Crippen LogP contribution in [0, 0.1) is 0 Å². The Balaban J connectivity index is 1.40. The molecule has 0 saturated carbocycles. The first-order valence-corrected chi connectivity index (χ1v) is 11.3. The number of aromatic nitrogens is 2. The molecule has 0 atom stereocenters. The Kier molecular flexibility index (Phi) is 6.09. The minimum absolute atomic E-state index is 0.0347. The number of rotatable bonds is 6. The van der Waals surface area contributed by atoms with Crippen molar-refractivity contribution in [2.24, 2.45) is 0 Å². The lowest BCUT2D eigenvalue weighted by Gasteiger charge is -2.28. The predicted molar refractivity (Wildman–Crippen MR) is 139 cm³/mol. The highest BCUT2D eigenvalue weighted by Gasteiger charge is 2.16. The van der Waals surface area contributed by atoms with E-state index in [0.29, 0.717) is 24.7 Å². The van der Waals surface area contributed by atoms with E-state index in [1.165, 1.54) is 6.08 Å². The van der Waals surface area contributed by atoms with Crippen molar-refractivity contribution in [2.75, 3.05) is 35.2 Å². The molecule has 8 nitrogen and oxygen atoms in total. The molecule has 5 rings (SSSR count). The van der Waals surface area contributed by atoms with Crippen molar-refractivity contribution in [1.29, 1.82) is 0 Å². The van der Waals surface area contributed by atoms with Crippen LogP contribution in [0.5, 0.6) is 0 Å². The summed E-state index contributed by atoms with van der Waals surface area (Å²) in [7, 11) is 0. The molecule has 174 valence electrons. The van der Waals surface area contributed by atoms with Gasteiger partial charge in [0.1, 0.15) is 0 Å².